The van der Waals surface area contributed by atoms with Gasteiger partial charge in [0.15, 0.2) is 0 Å². The summed E-state index contributed by atoms with van der Waals surface area (Å²) >= 11 is 6.54. The lowest BCUT2D eigenvalue weighted by Gasteiger charge is -2.21. The number of piperidine rings is 1. The fraction of sp³-hybridized carbons (Fsp3) is 0.333. The van der Waals surface area contributed by atoms with E-state index in [-0.39, 0.29) is 16.1 Å². The van der Waals surface area contributed by atoms with Crippen LogP contribution in [0.4, 0.5) is 5.82 Å². The van der Waals surface area contributed by atoms with Gasteiger partial charge in [0.05, 0.1) is 40.9 Å². The number of aromatic amines is 1. The molecule has 0 saturated carbocycles. The minimum Gasteiger partial charge on any atom is -0.492 e. The number of aryl methyl sites for hydroxylation is 3. The fourth-order valence-electron chi connectivity index (χ4n) is 5.30. The number of rotatable bonds is 7. The van der Waals surface area contributed by atoms with Gasteiger partial charge in [0.25, 0.3) is 11.5 Å². The van der Waals surface area contributed by atoms with E-state index in [1.807, 2.05) is 26.0 Å². The predicted octanol–water partition coefficient (Wildman–Crippen LogP) is 4.70. The summed E-state index contributed by atoms with van der Waals surface area (Å²) in [6.45, 7) is 7.35. The van der Waals surface area contributed by atoms with Crippen LogP contribution < -0.4 is 20.9 Å². The number of hydrogen-bond acceptors (Lipinski definition) is 5. The zero-order chi connectivity index (χ0) is 27.5. The van der Waals surface area contributed by atoms with Gasteiger partial charge in [-0.05, 0) is 63.8 Å². The SMILES string of the molecule is Cc1cc(C)cc(-c2c(OCCC3CCCC[NH2+]3)c3cc(C(=O)Nc4ccnc(C)n4)c(Cl)cc3[nH]c2=O)c1. The van der Waals surface area contributed by atoms with E-state index in [0.29, 0.717) is 46.5 Å². The molecule has 0 spiro atoms. The number of fused-ring (bicyclic) bond motifs is 1. The summed E-state index contributed by atoms with van der Waals surface area (Å²) in [5, 5.41) is 6.00. The normalized spacial score (nSPS) is 15.3. The van der Waals surface area contributed by atoms with E-state index in [2.05, 4.69) is 31.7 Å². The minimum absolute atomic E-state index is 0.211. The van der Waals surface area contributed by atoms with Crippen LogP contribution in [0.3, 0.4) is 0 Å². The summed E-state index contributed by atoms with van der Waals surface area (Å²) in [5.74, 6) is 0.959. The van der Waals surface area contributed by atoms with Crippen LogP contribution in [-0.2, 0) is 0 Å². The molecule has 4 aromatic rings. The van der Waals surface area contributed by atoms with E-state index >= 15 is 0 Å². The molecule has 8 nitrogen and oxygen atoms in total. The van der Waals surface area contributed by atoms with Crippen molar-refractivity contribution in [2.24, 2.45) is 0 Å². The molecule has 1 amide bonds. The van der Waals surface area contributed by atoms with Crippen LogP contribution in [0.2, 0.25) is 5.02 Å². The van der Waals surface area contributed by atoms with E-state index in [1.165, 1.54) is 12.8 Å². The number of carbonyl (C=O) groups excluding carboxylic acids is 1. The highest BCUT2D eigenvalue weighted by atomic mass is 35.5. The predicted molar refractivity (Wildman–Crippen MR) is 154 cm³/mol. The standard InChI is InChI=1S/C30H32ClN5O3/c1-17-12-18(2)14-20(13-17)27-28(39-11-8-21-6-4-5-9-33-21)23-15-22(24(31)16-25(23)35-30(27)38)29(37)36-26-7-10-32-19(3)34-26/h7,10,12-16,21,33H,4-6,8-9,11H2,1-3H3,(H,35,38)(H,32,34,36,37)/p+1. The van der Waals surface area contributed by atoms with Crippen molar-refractivity contribution in [3.8, 4) is 16.9 Å². The van der Waals surface area contributed by atoms with Crippen molar-refractivity contribution >= 4 is 34.2 Å². The lowest BCUT2D eigenvalue weighted by atomic mass is 9.98. The van der Waals surface area contributed by atoms with Crippen LogP contribution in [0.1, 0.15) is 53.0 Å². The number of nitrogens with one attached hydrogen (secondary N) is 2. The van der Waals surface area contributed by atoms with E-state index in [4.69, 9.17) is 16.3 Å². The third-order valence-electron chi connectivity index (χ3n) is 7.09. The quantitative estimate of drug-likeness (QED) is 0.311. The number of quaternary nitrogens is 1. The minimum atomic E-state index is -0.415. The van der Waals surface area contributed by atoms with Gasteiger partial charge in [0, 0.05) is 18.0 Å². The second kappa shape index (κ2) is 11.6. The Balaban J connectivity index is 1.59. The number of amides is 1. The Labute approximate surface area is 232 Å². The second-order valence-corrected chi connectivity index (χ2v) is 10.7. The van der Waals surface area contributed by atoms with E-state index in [9.17, 15) is 9.59 Å². The summed E-state index contributed by atoms with van der Waals surface area (Å²) < 4.78 is 6.44. The summed E-state index contributed by atoms with van der Waals surface area (Å²) in [6.07, 6.45) is 6.08. The molecular formula is C30H33ClN5O3+. The number of benzene rings is 2. The maximum absolute atomic E-state index is 13.5. The number of anilines is 1. The molecule has 0 aliphatic carbocycles. The number of H-pyrrole nitrogens is 1. The fourth-order valence-corrected chi connectivity index (χ4v) is 5.55. The molecular weight excluding hydrogens is 514 g/mol. The lowest BCUT2D eigenvalue weighted by Crippen LogP contribution is -2.91. The molecule has 1 atom stereocenters. The van der Waals surface area contributed by atoms with Gasteiger partial charge in [0.2, 0.25) is 0 Å². The number of hydrogen-bond donors (Lipinski definition) is 3. The van der Waals surface area contributed by atoms with E-state index in [1.54, 1.807) is 31.3 Å². The number of ether oxygens (including phenoxy) is 1. The first-order valence-corrected chi connectivity index (χ1v) is 13.7. The van der Waals surface area contributed by atoms with E-state index < -0.39 is 5.91 Å². The number of carbonyl (C=O) groups is 1. The van der Waals surface area contributed by atoms with Gasteiger partial charge in [0.1, 0.15) is 17.4 Å². The van der Waals surface area contributed by atoms with Gasteiger partial charge in [-0.15, -0.1) is 0 Å². The van der Waals surface area contributed by atoms with Crippen LogP contribution in [-0.4, -0.2) is 40.1 Å². The third-order valence-corrected chi connectivity index (χ3v) is 7.40. The summed E-state index contributed by atoms with van der Waals surface area (Å²) in [7, 11) is 0. The average Bonchev–Trinajstić information content (AvgIpc) is 2.88. The molecule has 3 heterocycles. The number of nitrogens with two attached hydrogens (primary N) is 1. The van der Waals surface area contributed by atoms with Crippen molar-refractivity contribution in [2.75, 3.05) is 18.5 Å². The van der Waals surface area contributed by atoms with E-state index in [0.717, 1.165) is 36.1 Å². The average molecular weight is 547 g/mol. The highest BCUT2D eigenvalue weighted by molar-refractivity contribution is 6.35. The molecule has 4 N–H and O–H groups in total. The first-order valence-electron chi connectivity index (χ1n) is 13.3. The van der Waals surface area contributed by atoms with Crippen LogP contribution in [0.25, 0.3) is 22.0 Å². The molecule has 1 aliphatic rings. The first-order chi connectivity index (χ1) is 18.8. The topological polar surface area (TPSA) is 114 Å². The summed E-state index contributed by atoms with van der Waals surface area (Å²) in [4.78, 5) is 38.0. The molecule has 0 bridgehead atoms. The Morgan fingerprint density at radius 1 is 1.15 bits per heavy atom. The number of aromatic nitrogens is 3. The Morgan fingerprint density at radius 2 is 1.95 bits per heavy atom. The molecule has 9 heteroatoms. The van der Waals surface area contributed by atoms with Gasteiger partial charge in [-0.1, -0.05) is 40.9 Å². The van der Waals surface area contributed by atoms with Crippen LogP contribution >= 0.6 is 11.6 Å². The lowest BCUT2D eigenvalue weighted by molar-refractivity contribution is -0.698. The number of halogens is 1. The van der Waals surface area contributed by atoms with Crippen molar-refractivity contribution in [1.29, 1.82) is 0 Å². The first kappa shape index (κ1) is 26.8. The molecule has 5 rings (SSSR count). The molecule has 0 radical (unpaired) electrons. The van der Waals surface area contributed by atoms with Crippen LogP contribution in [0, 0.1) is 20.8 Å². The molecule has 2 aromatic carbocycles. The highest BCUT2D eigenvalue weighted by Crippen LogP contribution is 2.36. The molecule has 39 heavy (non-hydrogen) atoms. The maximum atomic E-state index is 13.5. The van der Waals surface area contributed by atoms with Gasteiger partial charge in [-0.25, -0.2) is 9.97 Å². The Morgan fingerprint density at radius 3 is 2.67 bits per heavy atom. The highest BCUT2D eigenvalue weighted by Gasteiger charge is 2.22. The van der Waals surface area contributed by atoms with Gasteiger partial charge in [-0.2, -0.15) is 0 Å². The molecule has 1 saturated heterocycles. The Kier molecular flexibility index (Phi) is 7.95. The van der Waals surface area contributed by atoms with Gasteiger partial charge in [-0.3, -0.25) is 9.59 Å². The molecule has 202 valence electrons. The molecule has 1 fully saturated rings. The largest absolute Gasteiger partial charge is 0.492 e. The van der Waals surface area contributed by atoms with Gasteiger partial charge >= 0.3 is 0 Å². The Bertz CT molecular complexity index is 1570. The van der Waals surface area contributed by atoms with Crippen molar-refractivity contribution in [3.05, 3.63) is 80.5 Å². The third kappa shape index (κ3) is 6.13. The Hall–Kier alpha value is -3.75. The van der Waals surface area contributed by atoms with Gasteiger partial charge < -0.3 is 20.4 Å². The second-order valence-electron chi connectivity index (χ2n) is 10.3. The molecule has 1 unspecified atom stereocenters. The number of pyridine rings is 1. The zero-order valence-electron chi connectivity index (χ0n) is 22.4. The van der Waals surface area contributed by atoms with Crippen molar-refractivity contribution in [1.82, 2.24) is 15.0 Å². The van der Waals surface area contributed by atoms with Crippen LogP contribution in [0.5, 0.6) is 5.75 Å². The van der Waals surface area contributed by atoms with Crippen LogP contribution in [0.15, 0.2) is 47.4 Å². The summed E-state index contributed by atoms with van der Waals surface area (Å²) in [6, 6.07) is 11.4. The van der Waals surface area contributed by atoms with Crippen molar-refractivity contribution < 1.29 is 14.8 Å². The smallest absolute Gasteiger partial charge is 0.260 e. The molecule has 1 aliphatic heterocycles. The summed E-state index contributed by atoms with van der Waals surface area (Å²) in [5.41, 5.74) is 3.80. The zero-order valence-corrected chi connectivity index (χ0v) is 23.2. The van der Waals surface area contributed by atoms with Crippen molar-refractivity contribution in [2.45, 2.75) is 52.5 Å². The van der Waals surface area contributed by atoms with Crippen molar-refractivity contribution in [3.63, 3.8) is 0 Å². The maximum Gasteiger partial charge on any atom is 0.260 e. The monoisotopic (exact) mass is 546 g/mol. The number of nitrogens with zero attached hydrogens (tertiary/aromatic N) is 2. The molecule has 2 aromatic heterocycles.